The van der Waals surface area contributed by atoms with E-state index in [-0.39, 0.29) is 0 Å². The van der Waals surface area contributed by atoms with Gasteiger partial charge >= 0.3 is 0 Å². The number of nitrogens with zero attached hydrogens (tertiary/aromatic N) is 1. The molecule has 5 nitrogen and oxygen atoms in total. The number of carbonyl (C=O) groups is 1. The van der Waals surface area contributed by atoms with Crippen molar-refractivity contribution in [3.8, 4) is 5.75 Å². The van der Waals surface area contributed by atoms with Crippen molar-refractivity contribution in [1.29, 1.82) is 0 Å². The minimum absolute atomic E-state index is 0.329. The van der Waals surface area contributed by atoms with Crippen LogP contribution in [0.4, 0.5) is 5.82 Å². The number of benzene rings is 1. The molecule has 0 unspecified atom stereocenters. The van der Waals surface area contributed by atoms with Gasteiger partial charge in [-0.15, -0.1) is 0 Å². The van der Waals surface area contributed by atoms with E-state index in [1.165, 1.54) is 0 Å². The van der Waals surface area contributed by atoms with Gasteiger partial charge in [0.15, 0.2) is 0 Å². The molecule has 0 fully saturated rings. The fraction of sp³-hybridized carbons (Fsp3) is 0.0769. The zero-order valence-electron chi connectivity index (χ0n) is 9.67. The standard InChI is InChI=1S/C13H13N3O2/c14-12-10(2-1-7-16-12)8-18-11-5-3-9(4-6-11)13(15)17/h1-7H,8H2,(H2,14,16)(H2,15,17). The number of nitrogen functional groups attached to an aromatic ring is 1. The summed E-state index contributed by atoms with van der Waals surface area (Å²) in [4.78, 5) is 14.9. The maximum absolute atomic E-state index is 10.9. The monoisotopic (exact) mass is 243 g/mol. The van der Waals surface area contributed by atoms with E-state index in [0.717, 1.165) is 5.56 Å². The maximum Gasteiger partial charge on any atom is 0.248 e. The molecule has 0 aliphatic heterocycles. The van der Waals surface area contributed by atoms with Crippen molar-refractivity contribution in [2.75, 3.05) is 5.73 Å². The fourth-order valence-corrected chi connectivity index (χ4v) is 1.45. The SMILES string of the molecule is NC(=O)c1ccc(OCc2cccnc2N)cc1. The third-order valence-electron chi connectivity index (χ3n) is 2.46. The number of amides is 1. The number of hydrogen-bond acceptors (Lipinski definition) is 4. The second-order valence-electron chi connectivity index (χ2n) is 3.73. The molecule has 0 saturated heterocycles. The number of ether oxygens (including phenoxy) is 1. The Kier molecular flexibility index (Phi) is 3.43. The molecule has 0 aliphatic rings. The Balaban J connectivity index is 2.02. The number of aromatic nitrogens is 1. The largest absolute Gasteiger partial charge is 0.489 e. The quantitative estimate of drug-likeness (QED) is 0.847. The van der Waals surface area contributed by atoms with E-state index in [9.17, 15) is 4.79 Å². The smallest absolute Gasteiger partial charge is 0.248 e. The minimum atomic E-state index is -0.460. The predicted molar refractivity (Wildman–Crippen MR) is 67.9 cm³/mol. The van der Waals surface area contributed by atoms with Gasteiger partial charge in [-0.3, -0.25) is 4.79 Å². The summed E-state index contributed by atoms with van der Waals surface area (Å²) in [5.74, 6) is 0.632. The second kappa shape index (κ2) is 5.18. The Labute approximate surface area is 104 Å². The third kappa shape index (κ3) is 2.76. The average Bonchev–Trinajstić information content (AvgIpc) is 2.38. The van der Waals surface area contributed by atoms with E-state index >= 15 is 0 Å². The van der Waals surface area contributed by atoms with Gasteiger partial charge in [0, 0.05) is 17.3 Å². The number of rotatable bonds is 4. The van der Waals surface area contributed by atoms with Gasteiger partial charge in [-0.25, -0.2) is 4.98 Å². The molecule has 5 heteroatoms. The first kappa shape index (κ1) is 11.9. The number of hydrogen-bond donors (Lipinski definition) is 2. The molecule has 1 heterocycles. The maximum atomic E-state index is 10.9. The number of carbonyl (C=O) groups excluding carboxylic acids is 1. The Morgan fingerprint density at radius 1 is 1.22 bits per heavy atom. The van der Waals surface area contributed by atoms with E-state index < -0.39 is 5.91 Å². The fourth-order valence-electron chi connectivity index (χ4n) is 1.45. The van der Waals surface area contributed by atoms with Crippen molar-refractivity contribution in [1.82, 2.24) is 4.98 Å². The minimum Gasteiger partial charge on any atom is -0.489 e. The first-order chi connectivity index (χ1) is 8.66. The van der Waals surface area contributed by atoms with Crippen LogP contribution in [0.5, 0.6) is 5.75 Å². The number of nitrogens with two attached hydrogens (primary N) is 2. The molecular formula is C13H13N3O2. The highest BCUT2D eigenvalue weighted by molar-refractivity contribution is 5.92. The molecule has 4 N–H and O–H groups in total. The summed E-state index contributed by atoms with van der Waals surface area (Å²) in [6.07, 6.45) is 1.63. The van der Waals surface area contributed by atoms with E-state index in [4.69, 9.17) is 16.2 Å². The summed E-state index contributed by atoms with van der Waals surface area (Å²) in [7, 11) is 0. The second-order valence-corrected chi connectivity index (χ2v) is 3.73. The predicted octanol–water partition coefficient (Wildman–Crippen LogP) is 1.34. The van der Waals surface area contributed by atoms with Crippen LogP contribution in [0.2, 0.25) is 0 Å². The molecule has 1 amide bonds. The molecule has 0 radical (unpaired) electrons. The molecule has 0 saturated carbocycles. The van der Waals surface area contributed by atoms with Crippen LogP contribution in [0, 0.1) is 0 Å². The lowest BCUT2D eigenvalue weighted by molar-refractivity contribution is 0.100. The van der Waals surface area contributed by atoms with Crippen LogP contribution < -0.4 is 16.2 Å². The molecule has 0 bridgehead atoms. The highest BCUT2D eigenvalue weighted by Crippen LogP contribution is 2.15. The van der Waals surface area contributed by atoms with Crippen molar-refractivity contribution >= 4 is 11.7 Å². The first-order valence-electron chi connectivity index (χ1n) is 5.39. The van der Waals surface area contributed by atoms with Gasteiger partial charge < -0.3 is 16.2 Å². The first-order valence-corrected chi connectivity index (χ1v) is 5.39. The summed E-state index contributed by atoms with van der Waals surface area (Å²) >= 11 is 0. The van der Waals surface area contributed by atoms with Gasteiger partial charge in [-0.1, -0.05) is 6.07 Å². The average molecular weight is 243 g/mol. The Morgan fingerprint density at radius 2 is 1.94 bits per heavy atom. The highest BCUT2D eigenvalue weighted by Gasteiger charge is 2.02. The van der Waals surface area contributed by atoms with Crippen molar-refractivity contribution < 1.29 is 9.53 Å². The highest BCUT2D eigenvalue weighted by atomic mass is 16.5. The van der Waals surface area contributed by atoms with Gasteiger partial charge in [-0.05, 0) is 30.3 Å². The molecule has 18 heavy (non-hydrogen) atoms. The summed E-state index contributed by atoms with van der Waals surface area (Å²) < 4.78 is 5.54. The summed E-state index contributed by atoms with van der Waals surface area (Å²) in [6.45, 7) is 0.329. The van der Waals surface area contributed by atoms with Crippen molar-refractivity contribution in [2.45, 2.75) is 6.61 Å². The van der Waals surface area contributed by atoms with Gasteiger partial charge in [0.05, 0.1) is 0 Å². The van der Waals surface area contributed by atoms with Gasteiger partial charge in [-0.2, -0.15) is 0 Å². The number of primary amides is 1. The molecule has 1 aromatic carbocycles. The van der Waals surface area contributed by atoms with Crippen LogP contribution >= 0.6 is 0 Å². The van der Waals surface area contributed by atoms with Crippen LogP contribution in [0.15, 0.2) is 42.6 Å². The summed E-state index contributed by atoms with van der Waals surface area (Å²) in [5.41, 5.74) is 12.1. The number of anilines is 1. The normalized spacial score (nSPS) is 10.0. The number of pyridine rings is 1. The van der Waals surface area contributed by atoms with Gasteiger partial charge in [0.25, 0.3) is 0 Å². The van der Waals surface area contributed by atoms with Crippen molar-refractivity contribution in [2.24, 2.45) is 5.73 Å². The molecule has 0 atom stereocenters. The Hall–Kier alpha value is -2.56. The van der Waals surface area contributed by atoms with Gasteiger partial charge in [0.1, 0.15) is 18.2 Å². The lowest BCUT2D eigenvalue weighted by Crippen LogP contribution is -2.10. The Morgan fingerprint density at radius 3 is 2.56 bits per heavy atom. The van der Waals surface area contributed by atoms with Crippen molar-refractivity contribution in [3.05, 3.63) is 53.7 Å². The zero-order chi connectivity index (χ0) is 13.0. The molecule has 2 aromatic rings. The Bertz CT molecular complexity index is 552. The summed E-state index contributed by atoms with van der Waals surface area (Å²) in [5, 5.41) is 0. The third-order valence-corrected chi connectivity index (χ3v) is 2.46. The van der Waals surface area contributed by atoms with Crippen LogP contribution in [0.25, 0.3) is 0 Å². The van der Waals surface area contributed by atoms with Crippen LogP contribution in [-0.2, 0) is 6.61 Å². The molecule has 1 aromatic heterocycles. The van der Waals surface area contributed by atoms with E-state index in [2.05, 4.69) is 4.98 Å². The lowest BCUT2D eigenvalue weighted by Gasteiger charge is -2.07. The molecule has 2 rings (SSSR count). The lowest BCUT2D eigenvalue weighted by atomic mass is 10.2. The van der Waals surface area contributed by atoms with Crippen LogP contribution in [0.3, 0.4) is 0 Å². The topological polar surface area (TPSA) is 91.2 Å². The van der Waals surface area contributed by atoms with E-state index in [1.54, 1.807) is 36.5 Å². The van der Waals surface area contributed by atoms with Crippen LogP contribution in [-0.4, -0.2) is 10.9 Å². The molecule has 92 valence electrons. The van der Waals surface area contributed by atoms with E-state index in [0.29, 0.717) is 23.7 Å². The summed E-state index contributed by atoms with van der Waals surface area (Å²) in [6, 6.07) is 10.2. The molecule has 0 spiro atoms. The zero-order valence-corrected chi connectivity index (χ0v) is 9.67. The van der Waals surface area contributed by atoms with E-state index in [1.807, 2.05) is 6.07 Å². The molecular weight excluding hydrogens is 230 g/mol. The van der Waals surface area contributed by atoms with Gasteiger partial charge in [0.2, 0.25) is 5.91 Å². The van der Waals surface area contributed by atoms with Crippen LogP contribution in [0.1, 0.15) is 15.9 Å². The molecule has 0 aliphatic carbocycles. The van der Waals surface area contributed by atoms with Crippen molar-refractivity contribution in [3.63, 3.8) is 0 Å².